The van der Waals surface area contributed by atoms with Crippen molar-refractivity contribution in [3.8, 4) is 0 Å². The molecule has 0 amide bonds. The summed E-state index contributed by atoms with van der Waals surface area (Å²) in [7, 11) is 10.8. The van der Waals surface area contributed by atoms with Crippen molar-refractivity contribution >= 4 is 0 Å². The summed E-state index contributed by atoms with van der Waals surface area (Å²) in [6.45, 7) is 3.80. The van der Waals surface area contributed by atoms with Crippen molar-refractivity contribution in [2.24, 2.45) is 0 Å². The van der Waals surface area contributed by atoms with E-state index in [2.05, 4.69) is 6.58 Å². The van der Waals surface area contributed by atoms with Gasteiger partial charge in [-0.2, -0.15) is 0 Å². The predicted molar refractivity (Wildman–Crippen MR) is 116 cm³/mol. The van der Waals surface area contributed by atoms with Crippen molar-refractivity contribution < 1.29 is 52.5 Å². The lowest BCUT2D eigenvalue weighted by Gasteiger charge is -2.45. The van der Waals surface area contributed by atoms with Crippen molar-refractivity contribution in [3.63, 3.8) is 0 Å². The van der Waals surface area contributed by atoms with Crippen LogP contribution in [0, 0.1) is 0 Å². The van der Waals surface area contributed by atoms with Crippen LogP contribution in [0.2, 0.25) is 0 Å². The third-order valence-corrected chi connectivity index (χ3v) is 6.36. The Bertz CT molecular complexity index is 579. The highest BCUT2D eigenvalue weighted by atomic mass is 16.8. The molecule has 0 aliphatic carbocycles. The molecule has 0 bridgehead atoms. The maximum atomic E-state index is 10.0. The molecule has 1 unspecified atom stereocenters. The first-order valence-corrected chi connectivity index (χ1v) is 10.8. The summed E-state index contributed by atoms with van der Waals surface area (Å²) < 4.78 is 58.1. The largest absolute Gasteiger partial charge is 0.394 e. The number of hydrogen-bond acceptors (Lipinski definition) is 11. The molecule has 0 aromatic heterocycles. The number of aliphatic hydroxyl groups is 1. The van der Waals surface area contributed by atoms with Crippen molar-refractivity contribution in [2.45, 2.75) is 67.3 Å². The molecule has 2 aliphatic heterocycles. The minimum absolute atomic E-state index is 0.251. The fourth-order valence-corrected chi connectivity index (χ4v) is 4.84. The molecule has 0 radical (unpaired) electrons. The van der Waals surface area contributed by atoms with Gasteiger partial charge in [0, 0.05) is 49.8 Å². The molecular weight excluding hydrogens is 440 g/mol. The molecule has 2 rings (SSSR count). The Morgan fingerprint density at radius 3 is 2.00 bits per heavy atom. The van der Waals surface area contributed by atoms with E-state index >= 15 is 0 Å². The third-order valence-electron chi connectivity index (χ3n) is 6.36. The fourth-order valence-electron chi connectivity index (χ4n) is 4.84. The van der Waals surface area contributed by atoms with Crippen molar-refractivity contribution in [2.75, 3.05) is 63.0 Å². The van der Waals surface area contributed by atoms with Gasteiger partial charge in [0.1, 0.15) is 48.3 Å². The molecule has 11 nitrogen and oxygen atoms in total. The van der Waals surface area contributed by atoms with Gasteiger partial charge in [0.2, 0.25) is 0 Å². The lowest BCUT2D eigenvalue weighted by Crippen LogP contribution is -2.62. The number of hydrogen-bond donors (Lipinski definition) is 1. The van der Waals surface area contributed by atoms with Crippen molar-refractivity contribution in [1.82, 2.24) is 0 Å². The van der Waals surface area contributed by atoms with Gasteiger partial charge in [0.05, 0.1) is 13.2 Å². The number of aliphatic hydroxyl groups excluding tert-OH is 1. The van der Waals surface area contributed by atoms with Crippen LogP contribution in [0.1, 0.15) is 6.42 Å². The van der Waals surface area contributed by atoms with Gasteiger partial charge >= 0.3 is 0 Å². The van der Waals surface area contributed by atoms with Gasteiger partial charge < -0.3 is 52.5 Å². The molecule has 2 heterocycles. The first-order chi connectivity index (χ1) is 16.0. The van der Waals surface area contributed by atoms with E-state index in [1.165, 1.54) is 21.3 Å². The minimum Gasteiger partial charge on any atom is -0.394 e. The maximum Gasteiger partial charge on any atom is 0.187 e. The molecule has 11 heteroatoms. The van der Waals surface area contributed by atoms with Crippen LogP contribution in [0.25, 0.3) is 0 Å². The molecule has 2 saturated heterocycles. The monoisotopic (exact) mass is 480 g/mol. The quantitative estimate of drug-likeness (QED) is 0.342. The SMILES string of the molecule is C=CCC1([C@H](COC)OC)O[C@H](O[C@H]2[C@H](OC)[C@@H](OC)[C@@H](OC)O[C@@H]2CO)[C@@H](OC)[C@H]1OC. The number of rotatable bonds is 14. The van der Waals surface area contributed by atoms with E-state index in [1.807, 2.05) is 0 Å². The molecule has 33 heavy (non-hydrogen) atoms. The van der Waals surface area contributed by atoms with E-state index in [0.29, 0.717) is 6.42 Å². The minimum atomic E-state index is -1.00. The summed E-state index contributed by atoms with van der Waals surface area (Å²) in [5.41, 5.74) is -1.00. The van der Waals surface area contributed by atoms with E-state index in [0.717, 1.165) is 0 Å². The summed E-state index contributed by atoms with van der Waals surface area (Å²) in [6, 6.07) is 0. The van der Waals surface area contributed by atoms with Gasteiger partial charge in [-0.15, -0.1) is 6.58 Å². The smallest absolute Gasteiger partial charge is 0.187 e. The lowest BCUT2D eigenvalue weighted by molar-refractivity contribution is -0.337. The first kappa shape index (κ1) is 28.5. The van der Waals surface area contributed by atoms with Crippen LogP contribution in [0.4, 0.5) is 0 Å². The molecule has 0 aromatic carbocycles. The van der Waals surface area contributed by atoms with Gasteiger partial charge in [-0.3, -0.25) is 0 Å². The molecule has 2 aliphatic rings. The molecular formula is C22H40O11. The zero-order valence-electron chi connectivity index (χ0n) is 20.6. The van der Waals surface area contributed by atoms with Crippen LogP contribution in [-0.2, 0) is 47.4 Å². The second-order valence-corrected chi connectivity index (χ2v) is 7.93. The first-order valence-electron chi connectivity index (χ1n) is 10.8. The van der Waals surface area contributed by atoms with Crippen LogP contribution in [-0.4, -0.2) is 129 Å². The van der Waals surface area contributed by atoms with Crippen molar-refractivity contribution in [3.05, 3.63) is 12.7 Å². The average molecular weight is 481 g/mol. The highest BCUT2D eigenvalue weighted by Crippen LogP contribution is 2.43. The standard InChI is InChI=1S/C22H40O11/c1-9-10-22(14(25-3)12-24-2)19(29-7)18(28-6)21(33-22)32-15-13(11-23)31-20(30-8)17(27-5)16(15)26-4/h9,13-21,23H,1,10-12H2,2-8H3/t13-,14+,15-,16+,17-,18+,19-,20+,21+,22?/m1/s1. The van der Waals surface area contributed by atoms with Gasteiger partial charge in [-0.1, -0.05) is 6.08 Å². The summed E-state index contributed by atoms with van der Waals surface area (Å²) in [4.78, 5) is 0. The highest BCUT2D eigenvalue weighted by Gasteiger charge is 2.61. The van der Waals surface area contributed by atoms with Gasteiger partial charge in [-0.05, 0) is 6.42 Å². The Kier molecular flexibility index (Phi) is 11.6. The van der Waals surface area contributed by atoms with E-state index < -0.39 is 60.9 Å². The van der Waals surface area contributed by atoms with E-state index in [-0.39, 0.29) is 13.2 Å². The zero-order chi connectivity index (χ0) is 24.6. The van der Waals surface area contributed by atoms with E-state index in [4.69, 9.17) is 47.4 Å². The third kappa shape index (κ3) is 5.60. The second kappa shape index (κ2) is 13.4. The predicted octanol–water partition coefficient (Wildman–Crippen LogP) is 0.128. The molecule has 194 valence electrons. The summed E-state index contributed by atoms with van der Waals surface area (Å²) in [5, 5.41) is 10.0. The highest BCUT2D eigenvalue weighted by molar-refractivity contribution is 5.09. The molecule has 10 atom stereocenters. The second-order valence-electron chi connectivity index (χ2n) is 7.93. The number of ether oxygens (including phenoxy) is 10. The van der Waals surface area contributed by atoms with Crippen LogP contribution in [0.3, 0.4) is 0 Å². The summed E-state index contributed by atoms with van der Waals surface area (Å²) in [6.07, 6.45) is -4.02. The van der Waals surface area contributed by atoms with Gasteiger partial charge in [0.25, 0.3) is 0 Å². The Balaban J connectivity index is 2.41. The average Bonchev–Trinajstić information content (AvgIpc) is 3.14. The Morgan fingerprint density at radius 1 is 0.879 bits per heavy atom. The molecule has 1 N–H and O–H groups in total. The molecule has 0 aromatic rings. The van der Waals surface area contributed by atoms with Crippen LogP contribution in [0.5, 0.6) is 0 Å². The Hall–Kier alpha value is -0.700. The molecule has 2 fully saturated rings. The summed E-state index contributed by atoms with van der Waals surface area (Å²) in [5.74, 6) is 0. The van der Waals surface area contributed by atoms with E-state index in [9.17, 15) is 5.11 Å². The van der Waals surface area contributed by atoms with Gasteiger partial charge in [-0.25, -0.2) is 0 Å². The van der Waals surface area contributed by atoms with Gasteiger partial charge in [0.15, 0.2) is 12.6 Å². The van der Waals surface area contributed by atoms with E-state index in [1.54, 1.807) is 34.5 Å². The van der Waals surface area contributed by atoms with Crippen LogP contribution in [0.15, 0.2) is 12.7 Å². The Labute approximate surface area is 196 Å². The lowest BCUT2D eigenvalue weighted by atomic mass is 9.86. The Morgan fingerprint density at radius 2 is 1.55 bits per heavy atom. The zero-order valence-corrected chi connectivity index (χ0v) is 20.6. The van der Waals surface area contributed by atoms with Crippen LogP contribution < -0.4 is 0 Å². The molecule has 0 spiro atoms. The molecule has 0 saturated carbocycles. The normalized spacial score (nSPS) is 40.1. The number of methoxy groups -OCH3 is 7. The van der Waals surface area contributed by atoms with Crippen LogP contribution >= 0.6 is 0 Å². The summed E-state index contributed by atoms with van der Waals surface area (Å²) >= 11 is 0. The maximum absolute atomic E-state index is 10.0. The topological polar surface area (TPSA) is 113 Å². The van der Waals surface area contributed by atoms with Crippen molar-refractivity contribution in [1.29, 1.82) is 0 Å². The fraction of sp³-hybridized carbons (Fsp3) is 0.909.